The lowest BCUT2D eigenvalue weighted by Gasteiger charge is -2.32. The highest BCUT2D eigenvalue weighted by molar-refractivity contribution is 6.33. The van der Waals surface area contributed by atoms with E-state index in [1.165, 1.54) is 0 Å². The van der Waals surface area contributed by atoms with Gasteiger partial charge in [0.05, 0.1) is 12.6 Å². The monoisotopic (exact) mass is 295 g/mol. The Morgan fingerprint density at radius 2 is 2.15 bits per heavy atom. The van der Waals surface area contributed by atoms with Gasteiger partial charge in [0, 0.05) is 12.8 Å². The van der Waals surface area contributed by atoms with Crippen LogP contribution >= 0.6 is 11.6 Å². The van der Waals surface area contributed by atoms with Gasteiger partial charge in [-0.2, -0.15) is 0 Å². The van der Waals surface area contributed by atoms with Gasteiger partial charge in [-0.25, -0.2) is 0 Å². The highest BCUT2D eigenvalue weighted by atomic mass is 35.5. The molecule has 0 aliphatic heterocycles. The minimum atomic E-state index is -0.547. The normalized spacial score (nSPS) is 13.6. The number of methoxy groups -OCH3 is 1. The predicted octanol–water partition coefficient (Wildman–Crippen LogP) is 3.55. The second-order valence-electron chi connectivity index (χ2n) is 4.63. The van der Waals surface area contributed by atoms with E-state index in [9.17, 15) is 4.79 Å². The number of anilines is 1. The number of nitrogens with zero attached hydrogens (tertiary/aromatic N) is 1. The molecule has 0 aromatic heterocycles. The minimum Gasteiger partial charge on any atom is -0.382 e. The molecule has 0 aliphatic rings. The number of alkyl halides is 1. The number of carbonyl (C=O) groups is 1. The molecule has 1 aromatic rings. The molecule has 20 heavy (non-hydrogen) atoms. The summed E-state index contributed by atoms with van der Waals surface area (Å²) in [4.78, 5) is 14.3. The lowest BCUT2D eigenvalue weighted by Crippen LogP contribution is -2.45. The van der Waals surface area contributed by atoms with Crippen LogP contribution in [-0.4, -0.2) is 31.0 Å². The van der Waals surface area contributed by atoms with E-state index in [1.54, 1.807) is 18.1 Å². The number of para-hydroxylation sites is 1. The Hall–Kier alpha value is -1.32. The zero-order valence-corrected chi connectivity index (χ0v) is 13.1. The third-order valence-corrected chi connectivity index (χ3v) is 3.68. The van der Waals surface area contributed by atoms with Gasteiger partial charge in [-0.3, -0.25) is 4.79 Å². The molecule has 1 amide bonds. The van der Waals surface area contributed by atoms with Gasteiger partial charge in [-0.05, 0) is 25.0 Å². The molecule has 0 heterocycles. The average Bonchev–Trinajstić information content (AvgIpc) is 2.47. The van der Waals surface area contributed by atoms with Crippen molar-refractivity contribution in [1.29, 1.82) is 0 Å². The van der Waals surface area contributed by atoms with Crippen LogP contribution in [0.2, 0.25) is 0 Å². The summed E-state index contributed by atoms with van der Waals surface area (Å²) in [5.41, 5.74) is 1.86. The van der Waals surface area contributed by atoms with Gasteiger partial charge >= 0.3 is 0 Å². The van der Waals surface area contributed by atoms with Crippen molar-refractivity contribution in [1.82, 2.24) is 0 Å². The quantitative estimate of drug-likeness (QED) is 0.569. The topological polar surface area (TPSA) is 29.5 Å². The molecule has 0 saturated heterocycles. The lowest BCUT2D eigenvalue weighted by molar-refractivity contribution is -0.118. The Morgan fingerprint density at radius 3 is 2.65 bits per heavy atom. The standard InChI is InChI=1S/C16H22ClNO2/c1-5-13(11-20-4)18(16(19)14(17)6-2)15-10-8-7-9-12(15)3/h5,7-10,13-14H,1,6,11H2,2-4H3. The predicted molar refractivity (Wildman–Crippen MR) is 84.5 cm³/mol. The average molecular weight is 296 g/mol. The zero-order chi connectivity index (χ0) is 15.1. The van der Waals surface area contributed by atoms with E-state index in [4.69, 9.17) is 16.3 Å². The SMILES string of the molecule is C=CC(COC)N(C(=O)C(Cl)CC)c1ccccc1C. The van der Waals surface area contributed by atoms with Crippen LogP contribution in [0, 0.1) is 6.92 Å². The van der Waals surface area contributed by atoms with E-state index >= 15 is 0 Å². The van der Waals surface area contributed by atoms with Crippen LogP contribution < -0.4 is 4.90 Å². The summed E-state index contributed by atoms with van der Waals surface area (Å²) in [5.74, 6) is -0.120. The Labute approximate surface area is 126 Å². The summed E-state index contributed by atoms with van der Waals surface area (Å²) >= 11 is 6.15. The van der Waals surface area contributed by atoms with Gasteiger partial charge in [0.25, 0.3) is 0 Å². The van der Waals surface area contributed by atoms with Crippen LogP contribution in [0.15, 0.2) is 36.9 Å². The number of carbonyl (C=O) groups excluding carboxylic acids is 1. The number of benzene rings is 1. The Balaban J connectivity index is 3.23. The van der Waals surface area contributed by atoms with Crippen LogP contribution in [0.5, 0.6) is 0 Å². The number of aryl methyl sites for hydroxylation is 1. The molecular formula is C16H22ClNO2. The van der Waals surface area contributed by atoms with Gasteiger partial charge in [-0.15, -0.1) is 18.2 Å². The summed E-state index contributed by atoms with van der Waals surface area (Å²) < 4.78 is 5.19. The van der Waals surface area contributed by atoms with Gasteiger partial charge < -0.3 is 9.64 Å². The largest absolute Gasteiger partial charge is 0.382 e. The van der Waals surface area contributed by atoms with Crippen molar-refractivity contribution >= 4 is 23.2 Å². The summed E-state index contributed by atoms with van der Waals surface area (Å²) in [6, 6.07) is 7.50. The highest BCUT2D eigenvalue weighted by Crippen LogP contribution is 2.25. The first kappa shape index (κ1) is 16.7. The van der Waals surface area contributed by atoms with Crippen molar-refractivity contribution in [2.45, 2.75) is 31.7 Å². The third kappa shape index (κ3) is 3.84. The van der Waals surface area contributed by atoms with Crippen molar-refractivity contribution in [3.63, 3.8) is 0 Å². The summed E-state index contributed by atoms with van der Waals surface area (Å²) in [6.07, 6.45) is 2.30. The molecule has 4 heteroatoms. The first-order chi connectivity index (χ1) is 9.56. The number of hydrogen-bond donors (Lipinski definition) is 0. The van der Waals surface area contributed by atoms with Crippen LogP contribution in [-0.2, 0) is 9.53 Å². The molecular weight excluding hydrogens is 274 g/mol. The first-order valence-electron chi connectivity index (χ1n) is 6.71. The molecule has 0 spiro atoms. The molecule has 110 valence electrons. The van der Waals surface area contributed by atoms with Crippen LogP contribution in [0.25, 0.3) is 0 Å². The molecule has 2 atom stereocenters. The van der Waals surface area contributed by atoms with E-state index in [0.717, 1.165) is 11.3 Å². The van der Waals surface area contributed by atoms with E-state index in [0.29, 0.717) is 13.0 Å². The van der Waals surface area contributed by atoms with Crippen LogP contribution in [0.3, 0.4) is 0 Å². The summed E-state index contributed by atoms with van der Waals surface area (Å²) in [7, 11) is 1.61. The van der Waals surface area contributed by atoms with E-state index in [1.807, 2.05) is 38.1 Å². The van der Waals surface area contributed by atoms with Crippen molar-refractivity contribution in [2.24, 2.45) is 0 Å². The fourth-order valence-corrected chi connectivity index (χ4v) is 2.14. The molecule has 0 fully saturated rings. The number of ether oxygens (including phenoxy) is 1. The van der Waals surface area contributed by atoms with Gasteiger partial charge in [0.15, 0.2) is 0 Å². The van der Waals surface area contributed by atoms with Crippen molar-refractivity contribution < 1.29 is 9.53 Å². The fourth-order valence-electron chi connectivity index (χ4n) is 2.04. The smallest absolute Gasteiger partial charge is 0.245 e. The van der Waals surface area contributed by atoms with Crippen LogP contribution in [0.4, 0.5) is 5.69 Å². The molecule has 0 aliphatic carbocycles. The minimum absolute atomic E-state index is 0.120. The third-order valence-electron chi connectivity index (χ3n) is 3.18. The Kier molecular flexibility index (Phi) is 6.76. The molecule has 0 N–H and O–H groups in total. The number of amides is 1. The van der Waals surface area contributed by atoms with Crippen molar-refractivity contribution in [2.75, 3.05) is 18.6 Å². The van der Waals surface area contributed by atoms with Gasteiger partial charge in [0.1, 0.15) is 5.38 Å². The molecule has 2 unspecified atom stereocenters. The Morgan fingerprint density at radius 1 is 1.50 bits per heavy atom. The number of hydrogen-bond acceptors (Lipinski definition) is 2. The van der Waals surface area contributed by atoms with Crippen molar-refractivity contribution in [3.8, 4) is 0 Å². The summed E-state index contributed by atoms with van der Waals surface area (Å²) in [5, 5.41) is -0.547. The molecule has 1 aromatic carbocycles. The van der Waals surface area contributed by atoms with Gasteiger partial charge in [-0.1, -0.05) is 31.2 Å². The maximum atomic E-state index is 12.6. The van der Waals surface area contributed by atoms with Crippen LogP contribution in [0.1, 0.15) is 18.9 Å². The number of rotatable bonds is 7. The lowest BCUT2D eigenvalue weighted by atomic mass is 10.1. The maximum Gasteiger partial charge on any atom is 0.245 e. The van der Waals surface area contributed by atoms with Crippen molar-refractivity contribution in [3.05, 3.63) is 42.5 Å². The maximum absolute atomic E-state index is 12.6. The molecule has 3 nitrogen and oxygen atoms in total. The van der Waals surface area contributed by atoms with Gasteiger partial charge in [0.2, 0.25) is 5.91 Å². The van der Waals surface area contributed by atoms with E-state index in [2.05, 4.69) is 6.58 Å². The molecule has 0 radical (unpaired) electrons. The highest BCUT2D eigenvalue weighted by Gasteiger charge is 2.28. The van der Waals surface area contributed by atoms with E-state index < -0.39 is 5.38 Å². The van der Waals surface area contributed by atoms with E-state index in [-0.39, 0.29) is 11.9 Å². The molecule has 0 saturated carbocycles. The fraction of sp³-hybridized carbons (Fsp3) is 0.438. The zero-order valence-electron chi connectivity index (χ0n) is 12.3. The number of halogens is 1. The second-order valence-corrected chi connectivity index (χ2v) is 5.16. The molecule has 0 bridgehead atoms. The first-order valence-corrected chi connectivity index (χ1v) is 7.14. The Bertz CT molecular complexity index is 462. The molecule has 1 rings (SSSR count). The summed E-state index contributed by atoms with van der Waals surface area (Å²) in [6.45, 7) is 8.06. The second kappa shape index (κ2) is 8.08.